The monoisotopic (exact) mass is 391 g/mol. The fourth-order valence-electron chi connectivity index (χ4n) is 2.73. The average Bonchev–Trinajstić information content (AvgIpc) is 2.60. The largest absolute Gasteiger partial charge is 0.482 e. The molecular formula is C19H19ClFN3O3. The van der Waals surface area contributed by atoms with E-state index in [1.54, 1.807) is 23.1 Å². The minimum Gasteiger partial charge on any atom is -0.482 e. The fraction of sp³-hybridized carbons (Fsp3) is 0.263. The molecule has 0 saturated heterocycles. The van der Waals surface area contributed by atoms with Crippen molar-refractivity contribution in [2.45, 2.75) is 0 Å². The van der Waals surface area contributed by atoms with E-state index >= 15 is 0 Å². The molecule has 3 rings (SSSR count). The predicted molar refractivity (Wildman–Crippen MR) is 102 cm³/mol. The van der Waals surface area contributed by atoms with E-state index in [0.717, 1.165) is 0 Å². The third-order valence-electron chi connectivity index (χ3n) is 4.12. The van der Waals surface area contributed by atoms with Gasteiger partial charge in [-0.2, -0.15) is 0 Å². The van der Waals surface area contributed by atoms with Crippen molar-refractivity contribution in [3.63, 3.8) is 0 Å². The number of fused-ring (bicyclic) bond motifs is 1. The minimum atomic E-state index is -0.705. The van der Waals surface area contributed by atoms with Crippen molar-refractivity contribution in [1.82, 2.24) is 4.90 Å². The topological polar surface area (TPSA) is 61.9 Å². The highest BCUT2D eigenvalue weighted by Crippen LogP contribution is 2.34. The molecule has 1 N–H and O–H groups in total. The van der Waals surface area contributed by atoms with Crippen LogP contribution in [0.1, 0.15) is 10.4 Å². The zero-order valence-corrected chi connectivity index (χ0v) is 15.7. The Kier molecular flexibility index (Phi) is 5.62. The van der Waals surface area contributed by atoms with Crippen molar-refractivity contribution in [2.24, 2.45) is 0 Å². The normalized spacial score (nSPS) is 13.4. The number of hydrogen-bond donors (Lipinski definition) is 1. The molecule has 0 bridgehead atoms. The Balaban J connectivity index is 1.86. The molecule has 27 heavy (non-hydrogen) atoms. The molecule has 8 heteroatoms. The van der Waals surface area contributed by atoms with Crippen LogP contribution >= 0.6 is 11.6 Å². The lowest BCUT2D eigenvalue weighted by atomic mass is 10.1. The summed E-state index contributed by atoms with van der Waals surface area (Å²) in [7, 11) is 3.83. The van der Waals surface area contributed by atoms with E-state index < -0.39 is 11.7 Å². The van der Waals surface area contributed by atoms with Crippen molar-refractivity contribution in [2.75, 3.05) is 44.0 Å². The lowest BCUT2D eigenvalue weighted by Gasteiger charge is -2.30. The highest BCUT2D eigenvalue weighted by Gasteiger charge is 2.26. The number of carbonyl (C=O) groups is 2. The zero-order chi connectivity index (χ0) is 19.6. The number of likely N-dealkylation sites (N-methyl/N-ethyl adjacent to an activating group) is 1. The highest BCUT2D eigenvalue weighted by molar-refractivity contribution is 6.34. The second-order valence-electron chi connectivity index (χ2n) is 6.37. The van der Waals surface area contributed by atoms with Crippen LogP contribution in [0.3, 0.4) is 0 Å². The van der Waals surface area contributed by atoms with Crippen LogP contribution in [0.25, 0.3) is 0 Å². The smallest absolute Gasteiger partial charge is 0.265 e. The van der Waals surface area contributed by atoms with Gasteiger partial charge in [0.2, 0.25) is 0 Å². The van der Waals surface area contributed by atoms with Crippen LogP contribution in [0.2, 0.25) is 5.02 Å². The summed E-state index contributed by atoms with van der Waals surface area (Å²) >= 11 is 5.94. The van der Waals surface area contributed by atoms with Gasteiger partial charge in [-0.1, -0.05) is 17.7 Å². The number of benzene rings is 2. The first-order chi connectivity index (χ1) is 12.9. The van der Waals surface area contributed by atoms with Crippen LogP contribution in [0.15, 0.2) is 36.4 Å². The van der Waals surface area contributed by atoms with E-state index in [1.165, 1.54) is 18.2 Å². The summed E-state index contributed by atoms with van der Waals surface area (Å²) in [5, 5.41) is 2.65. The number of rotatable bonds is 5. The van der Waals surface area contributed by atoms with Gasteiger partial charge >= 0.3 is 0 Å². The van der Waals surface area contributed by atoms with Gasteiger partial charge in [0.1, 0.15) is 11.6 Å². The summed E-state index contributed by atoms with van der Waals surface area (Å²) in [4.78, 5) is 28.3. The van der Waals surface area contributed by atoms with Gasteiger partial charge in [-0.3, -0.25) is 9.59 Å². The summed E-state index contributed by atoms with van der Waals surface area (Å²) in [6, 6.07) is 8.98. The van der Waals surface area contributed by atoms with Crippen molar-refractivity contribution < 1.29 is 18.7 Å². The van der Waals surface area contributed by atoms with Gasteiger partial charge < -0.3 is 19.9 Å². The molecule has 0 fully saturated rings. The molecule has 0 aromatic heterocycles. The molecule has 0 unspecified atom stereocenters. The summed E-state index contributed by atoms with van der Waals surface area (Å²) in [5.74, 6) is -0.981. The third-order valence-corrected chi connectivity index (χ3v) is 4.44. The Morgan fingerprint density at radius 2 is 2.11 bits per heavy atom. The van der Waals surface area contributed by atoms with E-state index in [2.05, 4.69) is 5.32 Å². The Labute approximate surface area is 161 Å². The van der Waals surface area contributed by atoms with Crippen molar-refractivity contribution in [1.29, 1.82) is 0 Å². The summed E-state index contributed by atoms with van der Waals surface area (Å²) in [6.45, 7) is 1.13. The van der Waals surface area contributed by atoms with Crippen molar-refractivity contribution in [3.8, 4) is 5.75 Å². The second kappa shape index (κ2) is 7.94. The summed E-state index contributed by atoms with van der Waals surface area (Å²) in [5.41, 5.74) is 0.741. The number of carbonyl (C=O) groups excluding carboxylic acids is 2. The molecule has 0 aliphatic carbocycles. The van der Waals surface area contributed by atoms with Gasteiger partial charge in [0.15, 0.2) is 6.61 Å². The van der Waals surface area contributed by atoms with Crippen LogP contribution in [0, 0.1) is 5.82 Å². The van der Waals surface area contributed by atoms with Gasteiger partial charge in [-0.05, 0) is 44.4 Å². The van der Waals surface area contributed by atoms with Crippen LogP contribution in [0.4, 0.5) is 15.8 Å². The Hall–Kier alpha value is -2.64. The number of halogens is 2. The maximum absolute atomic E-state index is 13.9. The second-order valence-corrected chi connectivity index (χ2v) is 6.78. The van der Waals surface area contributed by atoms with E-state index in [4.69, 9.17) is 16.3 Å². The molecule has 2 aromatic rings. The highest BCUT2D eigenvalue weighted by atomic mass is 35.5. The van der Waals surface area contributed by atoms with Crippen molar-refractivity contribution >= 4 is 34.8 Å². The fourth-order valence-corrected chi connectivity index (χ4v) is 2.98. The van der Waals surface area contributed by atoms with E-state index in [0.29, 0.717) is 30.2 Å². The Morgan fingerprint density at radius 1 is 1.33 bits per heavy atom. The van der Waals surface area contributed by atoms with E-state index in [9.17, 15) is 14.0 Å². The molecule has 2 aromatic carbocycles. The number of anilines is 2. The molecule has 2 amide bonds. The SMILES string of the molecule is CN(C)CCN1C(=O)COc2ccc(NC(=O)c3c(F)cccc3Cl)cc21. The molecule has 1 heterocycles. The zero-order valence-electron chi connectivity index (χ0n) is 15.0. The van der Waals surface area contributed by atoms with Gasteiger partial charge in [-0.25, -0.2) is 4.39 Å². The molecular weight excluding hydrogens is 373 g/mol. The van der Waals surface area contributed by atoms with Gasteiger partial charge in [0.05, 0.1) is 16.3 Å². The van der Waals surface area contributed by atoms with Crippen LogP contribution in [-0.2, 0) is 4.79 Å². The lowest BCUT2D eigenvalue weighted by Crippen LogP contribution is -2.42. The molecule has 1 aliphatic rings. The number of hydrogen-bond acceptors (Lipinski definition) is 4. The lowest BCUT2D eigenvalue weighted by molar-refractivity contribution is -0.121. The predicted octanol–water partition coefficient (Wildman–Crippen LogP) is 3.02. The van der Waals surface area contributed by atoms with Gasteiger partial charge in [0.25, 0.3) is 11.8 Å². The van der Waals surface area contributed by atoms with E-state index in [1.807, 2.05) is 19.0 Å². The van der Waals surface area contributed by atoms with Crippen LogP contribution in [0.5, 0.6) is 5.75 Å². The molecule has 0 atom stereocenters. The van der Waals surface area contributed by atoms with Gasteiger partial charge in [-0.15, -0.1) is 0 Å². The number of nitrogens with one attached hydrogen (secondary N) is 1. The summed E-state index contributed by atoms with van der Waals surface area (Å²) in [6.07, 6.45) is 0. The first kappa shape index (κ1) is 19.1. The number of amides is 2. The molecule has 0 spiro atoms. The number of ether oxygens (including phenoxy) is 1. The first-order valence-corrected chi connectivity index (χ1v) is 8.72. The number of nitrogens with zero attached hydrogens (tertiary/aromatic N) is 2. The average molecular weight is 392 g/mol. The molecule has 142 valence electrons. The maximum Gasteiger partial charge on any atom is 0.265 e. The maximum atomic E-state index is 13.9. The summed E-state index contributed by atoms with van der Waals surface area (Å²) < 4.78 is 19.4. The Bertz CT molecular complexity index is 868. The third kappa shape index (κ3) is 4.20. The van der Waals surface area contributed by atoms with Crippen molar-refractivity contribution in [3.05, 3.63) is 52.8 Å². The molecule has 0 saturated carbocycles. The molecule has 0 radical (unpaired) electrons. The standard InChI is InChI=1S/C19H19ClFN3O3/c1-23(2)8-9-24-15-10-12(6-7-16(15)27-11-17(24)25)22-19(26)18-13(20)4-3-5-14(18)21/h3-7,10H,8-9,11H2,1-2H3,(H,22,26). The quantitative estimate of drug-likeness (QED) is 0.851. The first-order valence-electron chi connectivity index (χ1n) is 8.34. The van der Waals surface area contributed by atoms with E-state index in [-0.39, 0.29) is 23.1 Å². The van der Waals surface area contributed by atoms with Crippen LogP contribution < -0.4 is 15.0 Å². The van der Waals surface area contributed by atoms with Crippen LogP contribution in [-0.4, -0.2) is 50.5 Å². The minimum absolute atomic E-state index is 0.0246. The molecule has 1 aliphatic heterocycles. The Morgan fingerprint density at radius 3 is 2.81 bits per heavy atom. The van der Waals surface area contributed by atoms with Gasteiger partial charge in [0, 0.05) is 18.8 Å². The molecule has 6 nitrogen and oxygen atoms in total.